The summed E-state index contributed by atoms with van der Waals surface area (Å²) in [5.74, 6) is -0.0731. The zero-order valence-electron chi connectivity index (χ0n) is 17.1. The number of fused-ring (bicyclic) bond motifs is 1. The molecule has 5 rings (SSSR count). The van der Waals surface area contributed by atoms with Gasteiger partial charge in [-0.2, -0.15) is 13.2 Å². The second-order valence-electron chi connectivity index (χ2n) is 8.07. The second kappa shape index (κ2) is 7.53. The summed E-state index contributed by atoms with van der Waals surface area (Å²) in [7, 11) is 0. The highest BCUT2D eigenvalue weighted by Gasteiger charge is 2.66. The smallest absolute Gasteiger partial charge is 0.419 e. The molecule has 11 heteroatoms. The summed E-state index contributed by atoms with van der Waals surface area (Å²) >= 11 is 0. The van der Waals surface area contributed by atoms with Gasteiger partial charge in [0.1, 0.15) is 19.0 Å². The average molecular weight is 466 g/mol. The van der Waals surface area contributed by atoms with E-state index in [-0.39, 0.29) is 12.1 Å². The van der Waals surface area contributed by atoms with E-state index < -0.39 is 41.3 Å². The molecule has 2 aromatic carbocycles. The van der Waals surface area contributed by atoms with Gasteiger partial charge >= 0.3 is 18.3 Å². The van der Waals surface area contributed by atoms with Crippen molar-refractivity contribution in [3.8, 4) is 11.5 Å². The van der Waals surface area contributed by atoms with E-state index in [2.05, 4.69) is 5.32 Å². The molecule has 2 aliphatic heterocycles. The quantitative estimate of drug-likeness (QED) is 0.672. The minimum atomic E-state index is -4.77. The van der Waals surface area contributed by atoms with Crippen molar-refractivity contribution in [2.24, 2.45) is 0 Å². The van der Waals surface area contributed by atoms with Crippen LogP contribution in [0.1, 0.15) is 35.6 Å². The minimum Gasteiger partial charge on any atom is -0.486 e. The molecule has 1 atom stereocenters. The van der Waals surface area contributed by atoms with E-state index in [0.717, 1.165) is 17.0 Å². The van der Waals surface area contributed by atoms with Gasteiger partial charge in [-0.25, -0.2) is 18.9 Å². The number of urea groups is 1. The maximum atomic E-state index is 13.9. The van der Waals surface area contributed by atoms with Gasteiger partial charge in [-0.1, -0.05) is 12.1 Å². The van der Waals surface area contributed by atoms with Crippen molar-refractivity contribution < 1.29 is 41.4 Å². The Morgan fingerprint density at radius 2 is 1.91 bits per heavy atom. The fourth-order valence-electron chi connectivity index (χ4n) is 4.29. The molecule has 174 valence electrons. The SMILES string of the molecule is O=C(NCc1cccc2c1OCCO2)N1C(=O)O[C@H](c2cc(F)cc(C(F)(F)F)c2)C12CC2. The van der Waals surface area contributed by atoms with Crippen molar-refractivity contribution in [1.29, 1.82) is 0 Å². The highest BCUT2D eigenvalue weighted by molar-refractivity contribution is 5.94. The third-order valence-corrected chi connectivity index (χ3v) is 5.93. The number of hydrogen-bond acceptors (Lipinski definition) is 5. The number of rotatable bonds is 3. The van der Waals surface area contributed by atoms with Crippen LogP contribution in [-0.2, 0) is 17.5 Å². The van der Waals surface area contributed by atoms with Crippen molar-refractivity contribution in [1.82, 2.24) is 10.2 Å². The molecule has 0 radical (unpaired) electrons. The van der Waals surface area contributed by atoms with Crippen molar-refractivity contribution in [3.63, 3.8) is 0 Å². The Bertz CT molecular complexity index is 1130. The summed E-state index contributed by atoms with van der Waals surface area (Å²) in [5, 5.41) is 2.63. The lowest BCUT2D eigenvalue weighted by molar-refractivity contribution is -0.137. The monoisotopic (exact) mass is 466 g/mol. The molecule has 1 spiro atoms. The number of cyclic esters (lactones) is 1. The summed E-state index contributed by atoms with van der Waals surface area (Å²) in [6, 6.07) is 6.45. The molecule has 1 saturated carbocycles. The third kappa shape index (κ3) is 3.70. The summed E-state index contributed by atoms with van der Waals surface area (Å²) in [6.45, 7) is 0.783. The van der Waals surface area contributed by atoms with Crippen LogP contribution in [-0.4, -0.2) is 35.8 Å². The number of para-hydroxylation sites is 1. The van der Waals surface area contributed by atoms with Crippen LogP contribution in [0.25, 0.3) is 0 Å². The Morgan fingerprint density at radius 1 is 1.15 bits per heavy atom. The molecular formula is C22H18F4N2O5. The maximum Gasteiger partial charge on any atom is 0.419 e. The lowest BCUT2D eigenvalue weighted by Gasteiger charge is -2.24. The van der Waals surface area contributed by atoms with Crippen LogP contribution in [0.15, 0.2) is 36.4 Å². The van der Waals surface area contributed by atoms with Gasteiger partial charge in [0, 0.05) is 12.1 Å². The molecular weight excluding hydrogens is 448 g/mol. The molecule has 33 heavy (non-hydrogen) atoms. The normalized spacial score (nSPS) is 20.5. The molecule has 2 heterocycles. The van der Waals surface area contributed by atoms with Gasteiger partial charge in [-0.15, -0.1) is 0 Å². The number of ether oxygens (including phenoxy) is 3. The average Bonchev–Trinajstić information content (AvgIpc) is 3.49. The van der Waals surface area contributed by atoms with Crippen LogP contribution in [0.5, 0.6) is 11.5 Å². The second-order valence-corrected chi connectivity index (χ2v) is 8.07. The number of amides is 3. The van der Waals surface area contributed by atoms with E-state index in [1.807, 2.05) is 0 Å². The van der Waals surface area contributed by atoms with Crippen molar-refractivity contribution in [2.45, 2.75) is 37.2 Å². The van der Waals surface area contributed by atoms with Crippen LogP contribution in [0.3, 0.4) is 0 Å². The standard InChI is InChI=1S/C22H18F4N2O5/c23-15-9-13(8-14(10-15)22(24,25)26)18-21(4-5-21)28(20(30)33-18)19(29)27-11-12-2-1-3-16-17(12)32-7-6-31-16/h1-3,8-10,18H,4-7,11H2,(H,27,29)/t18-/m1/s1. The highest BCUT2D eigenvalue weighted by atomic mass is 19.4. The number of benzene rings is 2. The number of imide groups is 1. The topological polar surface area (TPSA) is 77.1 Å². The first-order chi connectivity index (χ1) is 15.7. The number of alkyl halides is 3. The van der Waals surface area contributed by atoms with E-state index in [4.69, 9.17) is 14.2 Å². The van der Waals surface area contributed by atoms with Gasteiger partial charge in [0.15, 0.2) is 17.6 Å². The van der Waals surface area contributed by atoms with Crippen molar-refractivity contribution in [2.75, 3.05) is 13.2 Å². The van der Waals surface area contributed by atoms with E-state index >= 15 is 0 Å². The zero-order valence-corrected chi connectivity index (χ0v) is 17.1. The minimum absolute atomic E-state index is 0.0219. The first-order valence-electron chi connectivity index (χ1n) is 10.2. The summed E-state index contributed by atoms with van der Waals surface area (Å²) in [6.07, 6.45) is -6.32. The van der Waals surface area contributed by atoms with E-state index in [0.29, 0.717) is 49.2 Å². The molecule has 0 aromatic heterocycles. The largest absolute Gasteiger partial charge is 0.486 e. The molecule has 1 saturated heterocycles. The number of nitrogens with one attached hydrogen (secondary N) is 1. The van der Waals surface area contributed by atoms with Crippen LogP contribution >= 0.6 is 0 Å². The predicted molar refractivity (Wildman–Crippen MR) is 104 cm³/mol. The Balaban J connectivity index is 1.36. The van der Waals surface area contributed by atoms with Gasteiger partial charge in [0.25, 0.3) is 0 Å². The molecule has 2 aromatic rings. The molecule has 3 aliphatic rings. The molecule has 3 amide bonds. The molecule has 0 unspecified atom stereocenters. The van der Waals surface area contributed by atoms with Crippen LogP contribution in [0, 0.1) is 5.82 Å². The van der Waals surface area contributed by atoms with Gasteiger partial charge in [-0.3, -0.25) is 0 Å². The van der Waals surface area contributed by atoms with Crippen LogP contribution < -0.4 is 14.8 Å². The van der Waals surface area contributed by atoms with E-state index in [1.54, 1.807) is 18.2 Å². The predicted octanol–water partition coefficient (Wildman–Crippen LogP) is 4.55. The highest BCUT2D eigenvalue weighted by Crippen LogP contribution is 2.57. The van der Waals surface area contributed by atoms with Gasteiger partial charge < -0.3 is 19.5 Å². The van der Waals surface area contributed by atoms with Crippen molar-refractivity contribution in [3.05, 3.63) is 58.9 Å². The Hall–Kier alpha value is -3.50. The van der Waals surface area contributed by atoms with Crippen LogP contribution in [0.2, 0.25) is 0 Å². The number of carbonyl (C=O) groups is 2. The van der Waals surface area contributed by atoms with Gasteiger partial charge in [0.2, 0.25) is 0 Å². The Kier molecular flexibility index (Phi) is 4.87. The molecule has 7 nitrogen and oxygen atoms in total. The first-order valence-corrected chi connectivity index (χ1v) is 10.2. The zero-order chi connectivity index (χ0) is 23.4. The number of nitrogens with zero attached hydrogens (tertiary/aromatic N) is 1. The first kappa shape index (κ1) is 21.4. The fourth-order valence-corrected chi connectivity index (χ4v) is 4.29. The van der Waals surface area contributed by atoms with Crippen molar-refractivity contribution >= 4 is 12.1 Å². The Labute approximate surface area is 185 Å². The Morgan fingerprint density at radius 3 is 2.64 bits per heavy atom. The van der Waals surface area contributed by atoms with Crippen LogP contribution in [0.4, 0.5) is 27.2 Å². The molecule has 1 aliphatic carbocycles. The number of hydrogen-bond donors (Lipinski definition) is 1. The number of carbonyl (C=O) groups excluding carboxylic acids is 2. The van der Waals surface area contributed by atoms with Gasteiger partial charge in [-0.05, 0) is 42.7 Å². The summed E-state index contributed by atoms with van der Waals surface area (Å²) in [4.78, 5) is 26.3. The molecule has 0 bridgehead atoms. The summed E-state index contributed by atoms with van der Waals surface area (Å²) in [5.41, 5.74) is -1.86. The molecule has 1 N–H and O–H groups in total. The maximum absolute atomic E-state index is 13.9. The number of halogens is 4. The van der Waals surface area contributed by atoms with Gasteiger partial charge in [0.05, 0.1) is 11.1 Å². The van der Waals surface area contributed by atoms with E-state index in [9.17, 15) is 27.2 Å². The summed E-state index contributed by atoms with van der Waals surface area (Å²) < 4.78 is 69.7. The lowest BCUT2D eigenvalue weighted by Crippen LogP contribution is -2.47. The fraction of sp³-hybridized carbons (Fsp3) is 0.364. The molecule has 2 fully saturated rings. The third-order valence-electron chi connectivity index (χ3n) is 5.93. The lowest BCUT2D eigenvalue weighted by atomic mass is 9.98. The van der Waals surface area contributed by atoms with E-state index in [1.165, 1.54) is 0 Å².